The molecule has 1 aliphatic rings. The summed E-state index contributed by atoms with van der Waals surface area (Å²) in [5.74, 6) is 0. The SMILES string of the molecule is CC(C)NC1CCC(N(C)CC(C)(C)C)CC1. The second-order valence-corrected chi connectivity index (χ2v) is 7.30. The number of nitrogens with one attached hydrogen (secondary N) is 1. The Bertz CT molecular complexity index is 209. The average Bonchev–Trinajstić information content (AvgIpc) is 2.15. The van der Waals surface area contributed by atoms with Crippen LogP contribution >= 0.6 is 0 Å². The first-order chi connectivity index (χ1) is 7.78. The first-order valence-electron chi connectivity index (χ1n) is 7.24. The summed E-state index contributed by atoms with van der Waals surface area (Å²) in [6.07, 6.45) is 5.41. The minimum atomic E-state index is 0.418. The molecule has 2 nitrogen and oxygen atoms in total. The van der Waals surface area contributed by atoms with E-state index in [4.69, 9.17) is 0 Å². The van der Waals surface area contributed by atoms with Gasteiger partial charge in [-0.3, -0.25) is 0 Å². The van der Waals surface area contributed by atoms with E-state index in [0.717, 1.165) is 12.1 Å². The van der Waals surface area contributed by atoms with Crippen LogP contribution in [0, 0.1) is 5.41 Å². The molecule has 17 heavy (non-hydrogen) atoms. The topological polar surface area (TPSA) is 15.3 Å². The molecule has 0 heterocycles. The van der Waals surface area contributed by atoms with Gasteiger partial charge in [0.05, 0.1) is 0 Å². The van der Waals surface area contributed by atoms with Crippen molar-refractivity contribution in [3.63, 3.8) is 0 Å². The fourth-order valence-electron chi connectivity index (χ4n) is 3.03. The molecule has 0 radical (unpaired) electrons. The van der Waals surface area contributed by atoms with Gasteiger partial charge in [0.25, 0.3) is 0 Å². The molecule has 1 rings (SSSR count). The fraction of sp³-hybridized carbons (Fsp3) is 1.00. The number of hydrogen-bond donors (Lipinski definition) is 1. The summed E-state index contributed by atoms with van der Waals surface area (Å²) >= 11 is 0. The van der Waals surface area contributed by atoms with E-state index < -0.39 is 0 Å². The molecule has 1 saturated carbocycles. The van der Waals surface area contributed by atoms with Crippen molar-refractivity contribution in [3.8, 4) is 0 Å². The van der Waals surface area contributed by atoms with Crippen molar-refractivity contribution in [1.82, 2.24) is 10.2 Å². The lowest BCUT2D eigenvalue weighted by Gasteiger charge is -2.38. The summed E-state index contributed by atoms with van der Waals surface area (Å²) in [6, 6.07) is 2.19. The van der Waals surface area contributed by atoms with Crippen LogP contribution in [0.4, 0.5) is 0 Å². The Morgan fingerprint density at radius 3 is 2.06 bits per heavy atom. The predicted octanol–water partition coefficient (Wildman–Crippen LogP) is 3.27. The van der Waals surface area contributed by atoms with Gasteiger partial charge in [-0.2, -0.15) is 0 Å². The van der Waals surface area contributed by atoms with E-state index in [2.05, 4.69) is 51.9 Å². The Morgan fingerprint density at radius 2 is 1.65 bits per heavy atom. The highest BCUT2D eigenvalue weighted by atomic mass is 15.1. The zero-order valence-electron chi connectivity index (χ0n) is 12.7. The van der Waals surface area contributed by atoms with E-state index in [1.54, 1.807) is 0 Å². The van der Waals surface area contributed by atoms with Gasteiger partial charge < -0.3 is 10.2 Å². The average molecular weight is 240 g/mol. The normalized spacial score (nSPS) is 26.8. The molecule has 1 fully saturated rings. The Balaban J connectivity index is 2.31. The second kappa shape index (κ2) is 6.19. The van der Waals surface area contributed by atoms with E-state index in [0.29, 0.717) is 11.5 Å². The highest BCUT2D eigenvalue weighted by molar-refractivity contribution is 4.83. The molecule has 0 atom stereocenters. The van der Waals surface area contributed by atoms with E-state index in [1.807, 2.05) is 0 Å². The third-order valence-corrected chi connectivity index (χ3v) is 3.61. The third-order valence-electron chi connectivity index (χ3n) is 3.61. The Kier molecular flexibility index (Phi) is 5.46. The van der Waals surface area contributed by atoms with Crippen molar-refractivity contribution in [1.29, 1.82) is 0 Å². The number of nitrogens with zero attached hydrogens (tertiary/aromatic N) is 1. The van der Waals surface area contributed by atoms with Gasteiger partial charge in [0.2, 0.25) is 0 Å². The molecule has 0 aromatic heterocycles. The molecular formula is C15H32N2. The highest BCUT2D eigenvalue weighted by Crippen LogP contribution is 2.25. The minimum Gasteiger partial charge on any atom is -0.312 e. The van der Waals surface area contributed by atoms with Crippen molar-refractivity contribution in [3.05, 3.63) is 0 Å². The number of rotatable bonds is 4. The molecule has 0 saturated heterocycles. The predicted molar refractivity (Wildman–Crippen MR) is 76.4 cm³/mol. The van der Waals surface area contributed by atoms with Crippen molar-refractivity contribution in [2.24, 2.45) is 5.41 Å². The molecule has 0 aromatic carbocycles. The van der Waals surface area contributed by atoms with Gasteiger partial charge >= 0.3 is 0 Å². The zero-order chi connectivity index (χ0) is 13.1. The van der Waals surface area contributed by atoms with Gasteiger partial charge in [-0.05, 0) is 38.1 Å². The van der Waals surface area contributed by atoms with Gasteiger partial charge in [0, 0.05) is 24.7 Å². The van der Waals surface area contributed by atoms with Gasteiger partial charge in [0.15, 0.2) is 0 Å². The summed E-state index contributed by atoms with van der Waals surface area (Å²) in [7, 11) is 2.30. The van der Waals surface area contributed by atoms with Crippen LogP contribution in [-0.4, -0.2) is 36.6 Å². The summed E-state index contributed by atoms with van der Waals surface area (Å²) in [4.78, 5) is 2.57. The van der Waals surface area contributed by atoms with Crippen molar-refractivity contribution >= 4 is 0 Å². The monoisotopic (exact) mass is 240 g/mol. The molecular weight excluding hydrogens is 208 g/mol. The Morgan fingerprint density at radius 1 is 1.12 bits per heavy atom. The van der Waals surface area contributed by atoms with Crippen LogP contribution < -0.4 is 5.32 Å². The molecule has 0 aromatic rings. The van der Waals surface area contributed by atoms with Gasteiger partial charge in [-0.15, -0.1) is 0 Å². The summed E-state index contributed by atoms with van der Waals surface area (Å²) in [5, 5.41) is 3.67. The van der Waals surface area contributed by atoms with E-state index in [9.17, 15) is 0 Å². The van der Waals surface area contributed by atoms with E-state index in [1.165, 1.54) is 32.2 Å². The Hall–Kier alpha value is -0.0800. The molecule has 1 N–H and O–H groups in total. The summed E-state index contributed by atoms with van der Waals surface area (Å²) < 4.78 is 0. The first kappa shape index (κ1) is 15.0. The molecule has 102 valence electrons. The van der Waals surface area contributed by atoms with Crippen molar-refractivity contribution < 1.29 is 0 Å². The molecule has 0 aliphatic heterocycles. The molecule has 2 heteroatoms. The zero-order valence-corrected chi connectivity index (χ0v) is 12.7. The lowest BCUT2D eigenvalue weighted by atomic mass is 9.88. The van der Waals surface area contributed by atoms with Crippen LogP contribution in [0.25, 0.3) is 0 Å². The molecule has 0 bridgehead atoms. The van der Waals surface area contributed by atoms with E-state index in [-0.39, 0.29) is 0 Å². The van der Waals surface area contributed by atoms with Gasteiger partial charge in [0.1, 0.15) is 0 Å². The number of hydrogen-bond acceptors (Lipinski definition) is 2. The molecule has 1 aliphatic carbocycles. The maximum absolute atomic E-state index is 3.67. The fourth-order valence-corrected chi connectivity index (χ4v) is 3.03. The van der Waals surface area contributed by atoms with Crippen LogP contribution in [0.15, 0.2) is 0 Å². The molecule has 0 unspecified atom stereocenters. The third kappa shape index (κ3) is 5.87. The smallest absolute Gasteiger partial charge is 0.00935 e. The van der Waals surface area contributed by atoms with Gasteiger partial charge in [-0.1, -0.05) is 34.6 Å². The van der Waals surface area contributed by atoms with E-state index >= 15 is 0 Å². The Labute approximate surface area is 108 Å². The van der Waals surface area contributed by atoms with Crippen LogP contribution in [0.3, 0.4) is 0 Å². The minimum absolute atomic E-state index is 0.418. The second-order valence-electron chi connectivity index (χ2n) is 7.30. The lowest BCUT2D eigenvalue weighted by molar-refractivity contribution is 0.130. The summed E-state index contributed by atoms with van der Waals surface area (Å²) in [6.45, 7) is 12.7. The van der Waals surface area contributed by atoms with Crippen LogP contribution in [0.5, 0.6) is 0 Å². The first-order valence-corrected chi connectivity index (χ1v) is 7.24. The molecule has 0 amide bonds. The van der Waals surface area contributed by atoms with Gasteiger partial charge in [-0.25, -0.2) is 0 Å². The lowest BCUT2D eigenvalue weighted by Crippen LogP contribution is -2.44. The van der Waals surface area contributed by atoms with Crippen molar-refractivity contribution in [2.75, 3.05) is 13.6 Å². The standard InChI is InChI=1S/C15H32N2/c1-12(2)16-13-7-9-14(10-8-13)17(6)11-15(3,4)5/h12-14,16H,7-11H2,1-6H3. The maximum Gasteiger partial charge on any atom is 0.00935 e. The summed E-state index contributed by atoms with van der Waals surface area (Å²) in [5.41, 5.74) is 0.418. The quantitative estimate of drug-likeness (QED) is 0.811. The largest absolute Gasteiger partial charge is 0.312 e. The van der Waals surface area contributed by atoms with Crippen LogP contribution in [0.2, 0.25) is 0 Å². The van der Waals surface area contributed by atoms with Crippen LogP contribution in [0.1, 0.15) is 60.3 Å². The highest BCUT2D eigenvalue weighted by Gasteiger charge is 2.26. The van der Waals surface area contributed by atoms with Crippen molar-refractivity contribution in [2.45, 2.75) is 78.4 Å². The molecule has 0 spiro atoms. The maximum atomic E-state index is 3.67. The van der Waals surface area contributed by atoms with Crippen LogP contribution in [-0.2, 0) is 0 Å².